The van der Waals surface area contributed by atoms with Crippen LogP contribution in [0, 0.1) is 11.8 Å². The highest BCUT2D eigenvalue weighted by molar-refractivity contribution is 5.80. The summed E-state index contributed by atoms with van der Waals surface area (Å²) in [5.41, 5.74) is 0. The van der Waals surface area contributed by atoms with Crippen molar-refractivity contribution in [2.24, 2.45) is 11.8 Å². The van der Waals surface area contributed by atoms with Gasteiger partial charge in [-0.05, 0) is 57.5 Å². The molecule has 5 heteroatoms. The monoisotopic (exact) mass is 280 g/mol. The molecule has 112 valence electrons. The van der Waals surface area contributed by atoms with E-state index in [0.29, 0.717) is 18.8 Å². The van der Waals surface area contributed by atoms with Crippen molar-refractivity contribution < 1.29 is 14.7 Å². The van der Waals surface area contributed by atoms with Crippen molar-refractivity contribution >= 4 is 11.9 Å². The van der Waals surface area contributed by atoms with Gasteiger partial charge in [-0.3, -0.25) is 9.59 Å². The van der Waals surface area contributed by atoms with E-state index in [2.05, 4.69) is 5.32 Å². The van der Waals surface area contributed by atoms with Crippen LogP contribution in [0.2, 0.25) is 0 Å². The van der Waals surface area contributed by atoms with Crippen LogP contribution in [0.5, 0.6) is 0 Å². The Hall–Kier alpha value is -1.10. The van der Waals surface area contributed by atoms with E-state index in [4.69, 9.17) is 0 Å². The molecular weight excluding hydrogens is 256 g/mol. The number of carbonyl (C=O) groups is 2. The largest absolute Gasteiger partial charge is 0.481 e. The molecule has 3 saturated heterocycles. The number of amides is 1. The average Bonchev–Trinajstić information content (AvgIpc) is 3.03. The van der Waals surface area contributed by atoms with E-state index in [0.717, 1.165) is 45.2 Å². The Morgan fingerprint density at radius 2 is 1.90 bits per heavy atom. The van der Waals surface area contributed by atoms with Crippen LogP contribution >= 0.6 is 0 Å². The average molecular weight is 280 g/mol. The molecule has 0 spiro atoms. The summed E-state index contributed by atoms with van der Waals surface area (Å²) in [6.45, 7) is 2.13. The number of fused-ring (bicyclic) bond motifs is 2. The van der Waals surface area contributed by atoms with Gasteiger partial charge in [0.1, 0.15) is 0 Å². The normalized spacial score (nSPS) is 33.6. The number of carboxylic acid groups (broad SMARTS) is 1. The van der Waals surface area contributed by atoms with Gasteiger partial charge >= 0.3 is 5.97 Å². The van der Waals surface area contributed by atoms with Crippen LogP contribution in [-0.4, -0.2) is 47.1 Å². The molecule has 0 aromatic heterocycles. The fourth-order valence-corrected chi connectivity index (χ4v) is 4.27. The summed E-state index contributed by atoms with van der Waals surface area (Å²) < 4.78 is 0. The summed E-state index contributed by atoms with van der Waals surface area (Å²) in [7, 11) is 0. The molecule has 1 amide bonds. The van der Waals surface area contributed by atoms with Crippen molar-refractivity contribution in [1.29, 1.82) is 0 Å². The quantitative estimate of drug-likeness (QED) is 0.812. The number of hydrogen-bond donors (Lipinski definition) is 2. The Labute approximate surface area is 119 Å². The SMILES string of the molecule is O=C(O)C1CC2CCC1N2C(=O)CCC1CCNCC1. The first-order valence-electron chi connectivity index (χ1n) is 7.91. The minimum atomic E-state index is -0.728. The second-order valence-electron chi connectivity index (χ2n) is 6.51. The highest BCUT2D eigenvalue weighted by Crippen LogP contribution is 2.42. The van der Waals surface area contributed by atoms with Gasteiger partial charge in [0.15, 0.2) is 0 Å². The lowest BCUT2D eigenvalue weighted by Gasteiger charge is -2.26. The van der Waals surface area contributed by atoms with Crippen molar-refractivity contribution in [2.45, 2.75) is 57.0 Å². The Bertz CT molecular complexity index is 393. The Morgan fingerprint density at radius 1 is 1.15 bits per heavy atom. The summed E-state index contributed by atoms with van der Waals surface area (Å²) >= 11 is 0. The first-order chi connectivity index (χ1) is 9.66. The molecule has 3 unspecified atom stereocenters. The number of piperidine rings is 1. The molecule has 3 rings (SSSR count). The molecule has 2 bridgehead atoms. The van der Waals surface area contributed by atoms with E-state index < -0.39 is 5.97 Å². The van der Waals surface area contributed by atoms with E-state index in [1.165, 1.54) is 0 Å². The number of nitrogens with one attached hydrogen (secondary N) is 1. The van der Waals surface area contributed by atoms with E-state index in [1.54, 1.807) is 0 Å². The Kier molecular flexibility index (Phi) is 3.96. The number of hydrogen-bond acceptors (Lipinski definition) is 3. The number of carboxylic acids is 1. The van der Waals surface area contributed by atoms with E-state index in [9.17, 15) is 14.7 Å². The van der Waals surface area contributed by atoms with Crippen LogP contribution in [0.4, 0.5) is 0 Å². The number of nitrogens with zero attached hydrogens (tertiary/aromatic N) is 1. The zero-order valence-electron chi connectivity index (χ0n) is 11.9. The lowest BCUT2D eigenvalue weighted by atomic mass is 9.89. The predicted octanol–water partition coefficient (Wildman–Crippen LogP) is 1.23. The highest BCUT2D eigenvalue weighted by Gasteiger charge is 2.50. The fraction of sp³-hybridized carbons (Fsp3) is 0.867. The van der Waals surface area contributed by atoms with Gasteiger partial charge in [0.05, 0.1) is 5.92 Å². The van der Waals surface area contributed by atoms with Crippen LogP contribution in [0.3, 0.4) is 0 Å². The summed E-state index contributed by atoms with van der Waals surface area (Å²) in [5.74, 6) is -0.194. The van der Waals surface area contributed by atoms with Crippen molar-refractivity contribution in [3.63, 3.8) is 0 Å². The first-order valence-corrected chi connectivity index (χ1v) is 7.91. The molecular formula is C15H24N2O3. The third-order valence-corrected chi connectivity index (χ3v) is 5.37. The number of rotatable bonds is 4. The molecule has 0 saturated carbocycles. The maximum Gasteiger partial charge on any atom is 0.308 e. The van der Waals surface area contributed by atoms with Crippen molar-refractivity contribution in [3.05, 3.63) is 0 Å². The lowest BCUT2D eigenvalue weighted by Crippen LogP contribution is -2.38. The lowest BCUT2D eigenvalue weighted by molar-refractivity contribution is -0.143. The molecule has 0 aliphatic carbocycles. The maximum atomic E-state index is 12.4. The molecule has 3 aliphatic heterocycles. The first kappa shape index (κ1) is 13.9. The van der Waals surface area contributed by atoms with E-state index in [1.807, 2.05) is 4.90 Å². The fourth-order valence-electron chi connectivity index (χ4n) is 4.27. The van der Waals surface area contributed by atoms with Crippen molar-refractivity contribution in [2.75, 3.05) is 13.1 Å². The van der Waals surface area contributed by atoms with E-state index >= 15 is 0 Å². The highest BCUT2D eigenvalue weighted by atomic mass is 16.4. The maximum absolute atomic E-state index is 12.4. The van der Waals surface area contributed by atoms with Gasteiger partial charge in [-0.25, -0.2) is 0 Å². The van der Waals surface area contributed by atoms with Crippen molar-refractivity contribution in [1.82, 2.24) is 10.2 Å². The number of aliphatic carboxylic acids is 1. The van der Waals surface area contributed by atoms with Crippen LogP contribution in [0.25, 0.3) is 0 Å². The summed E-state index contributed by atoms with van der Waals surface area (Å²) in [6.07, 6.45) is 6.43. The molecule has 5 nitrogen and oxygen atoms in total. The minimum absolute atomic E-state index is 0.0296. The van der Waals surface area contributed by atoms with Gasteiger partial charge in [0.2, 0.25) is 5.91 Å². The smallest absolute Gasteiger partial charge is 0.308 e. The van der Waals surface area contributed by atoms with Crippen molar-refractivity contribution in [3.8, 4) is 0 Å². The van der Waals surface area contributed by atoms with Gasteiger partial charge in [0.25, 0.3) is 0 Å². The molecule has 0 radical (unpaired) electrons. The van der Waals surface area contributed by atoms with Gasteiger partial charge in [-0.2, -0.15) is 0 Å². The molecule has 3 aliphatic rings. The topological polar surface area (TPSA) is 69.6 Å². The third kappa shape index (κ3) is 2.55. The van der Waals surface area contributed by atoms with E-state index in [-0.39, 0.29) is 23.9 Å². The Morgan fingerprint density at radius 3 is 2.55 bits per heavy atom. The zero-order valence-corrected chi connectivity index (χ0v) is 11.9. The molecule has 3 atom stereocenters. The second-order valence-corrected chi connectivity index (χ2v) is 6.51. The summed E-state index contributed by atoms with van der Waals surface area (Å²) in [4.78, 5) is 25.6. The molecule has 3 heterocycles. The molecule has 0 aromatic rings. The standard InChI is InChI=1S/C15H24N2O3/c18-14(4-1-10-5-7-16-8-6-10)17-11-2-3-13(17)12(9-11)15(19)20/h10-13,16H,1-9H2,(H,19,20). The van der Waals surface area contributed by atoms with Gasteiger partial charge in [-0.15, -0.1) is 0 Å². The van der Waals surface area contributed by atoms with Crippen LogP contribution in [0.15, 0.2) is 0 Å². The van der Waals surface area contributed by atoms with Gasteiger partial charge in [0, 0.05) is 18.5 Å². The summed E-state index contributed by atoms with van der Waals surface area (Å²) in [5, 5.41) is 12.6. The van der Waals surface area contributed by atoms with Gasteiger partial charge < -0.3 is 15.3 Å². The summed E-state index contributed by atoms with van der Waals surface area (Å²) in [6, 6.07) is 0.166. The molecule has 20 heavy (non-hydrogen) atoms. The van der Waals surface area contributed by atoms with Crippen LogP contribution in [-0.2, 0) is 9.59 Å². The predicted molar refractivity (Wildman–Crippen MR) is 74.2 cm³/mol. The second kappa shape index (κ2) is 5.72. The number of carbonyl (C=O) groups excluding carboxylic acids is 1. The van der Waals surface area contributed by atoms with Crippen LogP contribution in [0.1, 0.15) is 44.9 Å². The molecule has 3 fully saturated rings. The van der Waals surface area contributed by atoms with Crippen LogP contribution < -0.4 is 5.32 Å². The van der Waals surface area contributed by atoms with Gasteiger partial charge in [-0.1, -0.05) is 0 Å². The third-order valence-electron chi connectivity index (χ3n) is 5.37. The minimum Gasteiger partial charge on any atom is -0.481 e. The zero-order chi connectivity index (χ0) is 14.1. The molecule has 0 aromatic carbocycles. The molecule has 2 N–H and O–H groups in total. The Balaban J connectivity index is 1.54.